The molecule has 1 saturated heterocycles. The van der Waals surface area contributed by atoms with E-state index in [-0.39, 0.29) is 10.9 Å². The van der Waals surface area contributed by atoms with Gasteiger partial charge in [-0.2, -0.15) is 19.3 Å². The lowest BCUT2D eigenvalue weighted by Gasteiger charge is -2.29. The number of aromatic nitrogens is 3. The van der Waals surface area contributed by atoms with Gasteiger partial charge in [-0.15, -0.1) is 0 Å². The minimum Gasteiger partial charge on any atom is -0.328 e. The highest BCUT2D eigenvalue weighted by Crippen LogP contribution is 2.25. The highest BCUT2D eigenvalue weighted by atomic mass is 32.2. The van der Waals surface area contributed by atoms with Gasteiger partial charge in [0.05, 0.1) is 0 Å². The van der Waals surface area contributed by atoms with Gasteiger partial charge in [-0.1, -0.05) is 6.07 Å². The van der Waals surface area contributed by atoms with Crippen LogP contribution in [0.15, 0.2) is 23.1 Å². The van der Waals surface area contributed by atoms with Crippen molar-refractivity contribution in [1.29, 1.82) is 0 Å². The Morgan fingerprint density at radius 2 is 1.95 bits per heavy atom. The van der Waals surface area contributed by atoms with Crippen molar-refractivity contribution in [2.75, 3.05) is 13.1 Å². The van der Waals surface area contributed by atoms with Crippen LogP contribution in [0.5, 0.6) is 0 Å². The Kier molecular flexibility index (Phi) is 3.23. The zero-order chi connectivity index (χ0) is 14.3. The molecule has 2 N–H and O–H groups in total. The molecule has 0 bridgehead atoms. The molecule has 0 spiro atoms. The molecule has 108 valence electrons. The third kappa shape index (κ3) is 2.19. The van der Waals surface area contributed by atoms with E-state index in [2.05, 4.69) is 10.2 Å². The summed E-state index contributed by atoms with van der Waals surface area (Å²) >= 11 is 0. The molecule has 1 aromatic carbocycles. The van der Waals surface area contributed by atoms with Crippen molar-refractivity contribution in [2.24, 2.45) is 12.8 Å². The first-order valence-corrected chi connectivity index (χ1v) is 7.98. The van der Waals surface area contributed by atoms with Crippen molar-refractivity contribution < 1.29 is 8.42 Å². The summed E-state index contributed by atoms with van der Waals surface area (Å²) in [7, 11) is -1.86. The molecule has 1 fully saturated rings. The highest BCUT2D eigenvalue weighted by molar-refractivity contribution is 7.89. The topological polar surface area (TPSA) is 94.1 Å². The summed E-state index contributed by atoms with van der Waals surface area (Å²) in [6.07, 6.45) is 1.38. The largest absolute Gasteiger partial charge is 0.328 e. The van der Waals surface area contributed by atoms with Gasteiger partial charge in [-0.05, 0) is 25.0 Å². The lowest BCUT2D eigenvalue weighted by Crippen LogP contribution is -2.42. The molecule has 7 nitrogen and oxygen atoms in total. The maximum Gasteiger partial charge on any atom is 0.245 e. The number of hydrogen-bond acceptors (Lipinski definition) is 5. The van der Waals surface area contributed by atoms with E-state index in [1.165, 1.54) is 9.10 Å². The fraction of sp³-hybridized carbons (Fsp3) is 0.500. The first-order chi connectivity index (χ1) is 9.48. The van der Waals surface area contributed by atoms with Crippen molar-refractivity contribution in [3.05, 3.63) is 18.2 Å². The summed E-state index contributed by atoms with van der Waals surface area (Å²) in [6.45, 7) is 0.917. The average molecular weight is 295 g/mol. The van der Waals surface area contributed by atoms with Crippen molar-refractivity contribution in [3.63, 3.8) is 0 Å². The summed E-state index contributed by atoms with van der Waals surface area (Å²) < 4.78 is 26.9. The number of hydrogen-bond donors (Lipinski definition) is 1. The van der Waals surface area contributed by atoms with E-state index in [9.17, 15) is 8.42 Å². The van der Waals surface area contributed by atoms with Gasteiger partial charge in [0.2, 0.25) is 10.0 Å². The predicted octanol–water partition coefficient (Wildman–Crippen LogP) is 0.0801. The summed E-state index contributed by atoms with van der Waals surface area (Å²) in [6, 6.07) is 5.13. The van der Waals surface area contributed by atoms with Gasteiger partial charge in [-0.25, -0.2) is 8.42 Å². The maximum atomic E-state index is 12.7. The second-order valence-electron chi connectivity index (χ2n) is 5.05. The molecule has 1 aliphatic rings. The van der Waals surface area contributed by atoms with Gasteiger partial charge in [0.25, 0.3) is 0 Å². The number of nitrogens with two attached hydrogens (primary N) is 1. The predicted molar refractivity (Wildman–Crippen MR) is 74.5 cm³/mol. The van der Waals surface area contributed by atoms with E-state index in [0.717, 1.165) is 0 Å². The highest BCUT2D eigenvalue weighted by Gasteiger charge is 2.30. The number of aryl methyl sites for hydroxylation is 1. The van der Waals surface area contributed by atoms with E-state index in [1.807, 2.05) is 0 Å². The molecule has 0 aliphatic carbocycles. The van der Waals surface area contributed by atoms with Gasteiger partial charge >= 0.3 is 0 Å². The number of nitrogens with zero attached hydrogens (tertiary/aromatic N) is 4. The minimum absolute atomic E-state index is 0.0914. The Balaban J connectivity index is 2.05. The van der Waals surface area contributed by atoms with Crippen molar-refractivity contribution in [1.82, 2.24) is 19.3 Å². The van der Waals surface area contributed by atoms with Crippen LogP contribution in [0.1, 0.15) is 12.8 Å². The van der Waals surface area contributed by atoms with Crippen molar-refractivity contribution in [2.45, 2.75) is 23.8 Å². The molecule has 0 unspecified atom stereocenters. The summed E-state index contributed by atoms with van der Waals surface area (Å²) in [4.78, 5) is 1.61. The van der Waals surface area contributed by atoms with Crippen LogP contribution < -0.4 is 5.73 Å². The van der Waals surface area contributed by atoms with Crippen LogP contribution in [0.25, 0.3) is 11.0 Å². The summed E-state index contributed by atoms with van der Waals surface area (Å²) in [5.41, 5.74) is 6.83. The molecule has 20 heavy (non-hydrogen) atoms. The third-order valence-electron chi connectivity index (χ3n) is 3.59. The Bertz CT molecular complexity index is 731. The van der Waals surface area contributed by atoms with Gasteiger partial charge < -0.3 is 5.73 Å². The second kappa shape index (κ2) is 4.80. The first kappa shape index (κ1) is 13.5. The maximum absolute atomic E-state index is 12.7. The molecular weight excluding hydrogens is 278 g/mol. The third-order valence-corrected chi connectivity index (χ3v) is 5.52. The van der Waals surface area contributed by atoms with Crippen molar-refractivity contribution in [3.8, 4) is 0 Å². The lowest BCUT2D eigenvalue weighted by atomic mass is 10.1. The van der Waals surface area contributed by atoms with E-state index in [4.69, 9.17) is 5.73 Å². The quantitative estimate of drug-likeness (QED) is 0.846. The van der Waals surface area contributed by atoms with Crippen LogP contribution in [0.2, 0.25) is 0 Å². The van der Waals surface area contributed by atoms with Crippen LogP contribution in [0.3, 0.4) is 0 Å². The molecule has 2 heterocycles. The van der Waals surface area contributed by atoms with E-state index in [0.29, 0.717) is 37.0 Å². The molecule has 3 rings (SSSR count). The molecule has 2 aromatic rings. The fourth-order valence-corrected chi connectivity index (χ4v) is 4.09. The minimum atomic E-state index is -3.54. The van der Waals surface area contributed by atoms with Crippen molar-refractivity contribution >= 4 is 21.1 Å². The number of rotatable bonds is 2. The Morgan fingerprint density at radius 1 is 1.25 bits per heavy atom. The molecule has 0 atom stereocenters. The summed E-state index contributed by atoms with van der Waals surface area (Å²) in [5, 5.41) is 8.31. The molecule has 1 aromatic heterocycles. The molecule has 1 aliphatic heterocycles. The van der Waals surface area contributed by atoms with Crippen LogP contribution in [0, 0.1) is 0 Å². The Labute approximate surface area is 117 Å². The SMILES string of the molecule is Cn1nc2cccc(S(=O)(=O)N3CCC(N)CC3)c2n1. The van der Waals surface area contributed by atoms with Crippen LogP contribution in [-0.2, 0) is 17.1 Å². The summed E-state index contributed by atoms with van der Waals surface area (Å²) in [5.74, 6) is 0. The van der Waals surface area contributed by atoms with E-state index in [1.54, 1.807) is 25.2 Å². The second-order valence-corrected chi connectivity index (χ2v) is 6.96. The van der Waals surface area contributed by atoms with E-state index >= 15 is 0 Å². The molecule has 0 radical (unpaired) electrons. The fourth-order valence-electron chi connectivity index (χ4n) is 2.48. The lowest BCUT2D eigenvalue weighted by molar-refractivity contribution is 0.320. The number of benzene rings is 1. The molecule has 0 amide bonds. The molecule has 0 saturated carbocycles. The number of sulfonamides is 1. The van der Waals surface area contributed by atoms with Gasteiger partial charge in [-0.3, -0.25) is 0 Å². The normalized spacial score (nSPS) is 18.7. The monoisotopic (exact) mass is 295 g/mol. The van der Waals surface area contributed by atoms with E-state index < -0.39 is 10.0 Å². The zero-order valence-electron chi connectivity index (χ0n) is 11.2. The number of fused-ring (bicyclic) bond motifs is 1. The van der Waals surface area contributed by atoms with Gasteiger partial charge in [0.1, 0.15) is 15.9 Å². The van der Waals surface area contributed by atoms with Gasteiger partial charge in [0, 0.05) is 26.2 Å². The van der Waals surface area contributed by atoms with Crippen LogP contribution in [-0.4, -0.2) is 46.8 Å². The van der Waals surface area contributed by atoms with Gasteiger partial charge in [0.15, 0.2) is 0 Å². The molecule has 8 heteroatoms. The van der Waals surface area contributed by atoms with Crippen LogP contribution in [0.4, 0.5) is 0 Å². The molecular formula is C12H17N5O2S. The standard InChI is InChI=1S/C12H17N5O2S/c1-16-14-10-3-2-4-11(12(10)15-16)20(18,19)17-7-5-9(13)6-8-17/h2-4,9H,5-8,13H2,1H3. The Hall–Kier alpha value is -1.51. The zero-order valence-corrected chi connectivity index (χ0v) is 12.0. The number of piperidine rings is 1. The average Bonchev–Trinajstić information content (AvgIpc) is 2.78. The Morgan fingerprint density at radius 3 is 2.65 bits per heavy atom. The van der Waals surface area contributed by atoms with Crippen LogP contribution >= 0.6 is 0 Å². The first-order valence-electron chi connectivity index (χ1n) is 6.54. The smallest absolute Gasteiger partial charge is 0.245 e.